The summed E-state index contributed by atoms with van der Waals surface area (Å²) in [5.74, 6) is 0.763. The van der Waals surface area contributed by atoms with E-state index in [1.807, 2.05) is 6.07 Å². The van der Waals surface area contributed by atoms with Crippen molar-refractivity contribution in [3.05, 3.63) is 23.9 Å². The first-order valence-electron chi connectivity index (χ1n) is 4.89. The predicted octanol–water partition coefficient (Wildman–Crippen LogP) is -0.411. The fraction of sp³-hybridized carbons (Fsp3) is 0.400. The lowest BCUT2D eigenvalue weighted by molar-refractivity contribution is 0.0963. The molecule has 80 valence electrons. The second kappa shape index (κ2) is 3.86. The number of carbonyl (C=O) groups excluding carboxylic acids is 1. The van der Waals surface area contributed by atoms with Crippen molar-refractivity contribution in [2.75, 3.05) is 25.0 Å². The Morgan fingerprint density at radius 1 is 1.60 bits per heavy atom. The van der Waals surface area contributed by atoms with Gasteiger partial charge in [0.15, 0.2) is 0 Å². The predicted molar refractivity (Wildman–Crippen MR) is 57.8 cm³/mol. The van der Waals surface area contributed by atoms with E-state index >= 15 is 0 Å². The van der Waals surface area contributed by atoms with E-state index in [1.165, 1.54) is 0 Å². The smallest absolute Gasteiger partial charge is 0.252 e. The monoisotopic (exact) mass is 206 g/mol. The van der Waals surface area contributed by atoms with Crippen LogP contribution in [0.3, 0.4) is 0 Å². The molecule has 5 nitrogen and oxygen atoms in total. The first kappa shape index (κ1) is 9.92. The lowest BCUT2D eigenvalue weighted by Gasteiger charge is -2.37. The quantitative estimate of drug-likeness (QED) is 0.690. The Bertz CT molecular complexity index is 356. The normalized spacial score (nSPS) is 16.0. The average molecular weight is 206 g/mol. The SMILES string of the molecule is CNC(=O)c1ccc(N2CC(N)C2)nc1. The maximum atomic E-state index is 11.2. The minimum Gasteiger partial charge on any atom is -0.355 e. The molecule has 1 aromatic rings. The lowest BCUT2D eigenvalue weighted by atomic mass is 10.1. The molecule has 0 atom stereocenters. The van der Waals surface area contributed by atoms with Gasteiger partial charge in [-0.1, -0.05) is 0 Å². The second-order valence-electron chi connectivity index (χ2n) is 3.65. The van der Waals surface area contributed by atoms with Crippen molar-refractivity contribution in [1.82, 2.24) is 10.3 Å². The van der Waals surface area contributed by atoms with Crippen molar-refractivity contribution in [1.29, 1.82) is 0 Å². The molecule has 0 saturated carbocycles. The molecule has 0 bridgehead atoms. The zero-order valence-electron chi connectivity index (χ0n) is 8.60. The summed E-state index contributed by atoms with van der Waals surface area (Å²) in [6.07, 6.45) is 1.58. The molecular weight excluding hydrogens is 192 g/mol. The third-order valence-corrected chi connectivity index (χ3v) is 2.47. The van der Waals surface area contributed by atoms with E-state index in [4.69, 9.17) is 5.73 Å². The number of nitrogens with one attached hydrogen (secondary N) is 1. The van der Waals surface area contributed by atoms with Crippen molar-refractivity contribution >= 4 is 11.7 Å². The number of hydrogen-bond donors (Lipinski definition) is 2. The summed E-state index contributed by atoms with van der Waals surface area (Å²) in [6, 6.07) is 3.87. The Kier molecular flexibility index (Phi) is 2.55. The van der Waals surface area contributed by atoms with Gasteiger partial charge in [0.05, 0.1) is 5.56 Å². The number of carbonyl (C=O) groups is 1. The Morgan fingerprint density at radius 2 is 2.33 bits per heavy atom. The maximum Gasteiger partial charge on any atom is 0.252 e. The molecule has 5 heteroatoms. The highest BCUT2D eigenvalue weighted by Gasteiger charge is 2.23. The standard InChI is InChI=1S/C10H14N4O/c1-12-10(15)7-2-3-9(13-4-7)14-5-8(11)6-14/h2-4,8H,5-6,11H2,1H3,(H,12,15). The average Bonchev–Trinajstić information content (AvgIpc) is 2.24. The molecule has 1 saturated heterocycles. The molecule has 1 fully saturated rings. The van der Waals surface area contributed by atoms with E-state index < -0.39 is 0 Å². The van der Waals surface area contributed by atoms with Crippen molar-refractivity contribution < 1.29 is 4.79 Å². The van der Waals surface area contributed by atoms with E-state index in [0.717, 1.165) is 18.9 Å². The Balaban J connectivity index is 2.07. The number of aromatic nitrogens is 1. The van der Waals surface area contributed by atoms with Crippen LogP contribution in [0.4, 0.5) is 5.82 Å². The molecule has 1 amide bonds. The first-order valence-corrected chi connectivity index (χ1v) is 4.89. The molecule has 0 radical (unpaired) electrons. The van der Waals surface area contributed by atoms with Gasteiger partial charge >= 0.3 is 0 Å². The number of hydrogen-bond acceptors (Lipinski definition) is 4. The highest BCUT2D eigenvalue weighted by molar-refractivity contribution is 5.93. The first-order chi connectivity index (χ1) is 7.20. The topological polar surface area (TPSA) is 71.2 Å². The van der Waals surface area contributed by atoms with Gasteiger partial charge in [0, 0.05) is 32.4 Å². The minimum atomic E-state index is -0.116. The summed E-state index contributed by atoms with van der Waals surface area (Å²) >= 11 is 0. The summed E-state index contributed by atoms with van der Waals surface area (Å²) in [7, 11) is 1.60. The van der Waals surface area contributed by atoms with Crippen molar-refractivity contribution in [3.8, 4) is 0 Å². The van der Waals surface area contributed by atoms with Crippen LogP contribution in [0.25, 0.3) is 0 Å². The van der Waals surface area contributed by atoms with Crippen molar-refractivity contribution in [2.45, 2.75) is 6.04 Å². The largest absolute Gasteiger partial charge is 0.355 e. The van der Waals surface area contributed by atoms with Crippen LogP contribution in [0.5, 0.6) is 0 Å². The number of nitrogens with two attached hydrogens (primary N) is 1. The molecule has 0 spiro atoms. The molecule has 0 aliphatic carbocycles. The second-order valence-corrected chi connectivity index (χ2v) is 3.65. The molecule has 1 aromatic heterocycles. The number of pyridine rings is 1. The molecule has 2 rings (SSSR count). The summed E-state index contributed by atoms with van der Waals surface area (Å²) in [5, 5.41) is 2.55. The van der Waals surface area contributed by atoms with E-state index in [2.05, 4.69) is 15.2 Å². The zero-order chi connectivity index (χ0) is 10.8. The van der Waals surface area contributed by atoms with Gasteiger partial charge in [-0.05, 0) is 12.1 Å². The Labute approximate surface area is 88.3 Å². The van der Waals surface area contributed by atoms with Crippen LogP contribution >= 0.6 is 0 Å². The molecule has 1 aliphatic heterocycles. The van der Waals surface area contributed by atoms with Crippen LogP contribution < -0.4 is 16.0 Å². The molecule has 15 heavy (non-hydrogen) atoms. The maximum absolute atomic E-state index is 11.2. The van der Waals surface area contributed by atoms with Gasteiger partial charge in [-0.15, -0.1) is 0 Å². The van der Waals surface area contributed by atoms with Gasteiger partial charge in [0.25, 0.3) is 5.91 Å². The third-order valence-electron chi connectivity index (χ3n) is 2.47. The van der Waals surface area contributed by atoms with Crippen LogP contribution in [0.15, 0.2) is 18.3 Å². The summed E-state index contributed by atoms with van der Waals surface area (Å²) in [4.78, 5) is 17.5. The number of anilines is 1. The summed E-state index contributed by atoms with van der Waals surface area (Å²) < 4.78 is 0. The van der Waals surface area contributed by atoms with Gasteiger partial charge in [0.2, 0.25) is 0 Å². The number of nitrogens with zero attached hydrogens (tertiary/aromatic N) is 2. The van der Waals surface area contributed by atoms with Crippen molar-refractivity contribution in [3.63, 3.8) is 0 Å². The Hall–Kier alpha value is -1.62. The van der Waals surface area contributed by atoms with E-state index in [1.54, 1.807) is 19.3 Å². The molecule has 0 aromatic carbocycles. The van der Waals surface area contributed by atoms with Gasteiger partial charge < -0.3 is 16.0 Å². The van der Waals surface area contributed by atoms with Crippen molar-refractivity contribution in [2.24, 2.45) is 5.73 Å². The van der Waals surface area contributed by atoms with Crippen LogP contribution in [0.2, 0.25) is 0 Å². The fourth-order valence-corrected chi connectivity index (χ4v) is 1.55. The number of amides is 1. The molecular formula is C10H14N4O. The van der Waals surface area contributed by atoms with Gasteiger partial charge in [-0.3, -0.25) is 4.79 Å². The molecule has 1 aliphatic rings. The van der Waals surface area contributed by atoms with Gasteiger partial charge in [0.1, 0.15) is 5.82 Å². The van der Waals surface area contributed by atoms with E-state index in [-0.39, 0.29) is 11.9 Å². The molecule has 0 unspecified atom stereocenters. The highest BCUT2D eigenvalue weighted by atomic mass is 16.1. The number of rotatable bonds is 2. The summed E-state index contributed by atoms with van der Waals surface area (Å²) in [5.41, 5.74) is 6.25. The fourth-order valence-electron chi connectivity index (χ4n) is 1.55. The van der Waals surface area contributed by atoms with Crippen LogP contribution in [-0.2, 0) is 0 Å². The van der Waals surface area contributed by atoms with E-state index in [0.29, 0.717) is 5.56 Å². The summed E-state index contributed by atoms with van der Waals surface area (Å²) in [6.45, 7) is 1.68. The van der Waals surface area contributed by atoms with Crippen LogP contribution in [-0.4, -0.2) is 37.1 Å². The molecule has 2 heterocycles. The van der Waals surface area contributed by atoms with E-state index in [9.17, 15) is 4.79 Å². The zero-order valence-corrected chi connectivity index (χ0v) is 8.60. The third kappa shape index (κ3) is 1.92. The Morgan fingerprint density at radius 3 is 2.80 bits per heavy atom. The highest BCUT2D eigenvalue weighted by Crippen LogP contribution is 2.17. The van der Waals surface area contributed by atoms with Crippen LogP contribution in [0.1, 0.15) is 10.4 Å². The molecule has 3 N–H and O–H groups in total. The van der Waals surface area contributed by atoms with Crippen LogP contribution in [0, 0.1) is 0 Å². The van der Waals surface area contributed by atoms with Gasteiger partial charge in [-0.2, -0.15) is 0 Å². The minimum absolute atomic E-state index is 0.116. The lowest BCUT2D eigenvalue weighted by Crippen LogP contribution is -2.56. The van der Waals surface area contributed by atoms with Gasteiger partial charge in [-0.25, -0.2) is 4.98 Å².